The highest BCUT2D eigenvalue weighted by atomic mass is 32.2. The lowest BCUT2D eigenvalue weighted by Crippen LogP contribution is -2.19. The highest BCUT2D eigenvalue weighted by molar-refractivity contribution is 7.89. The monoisotopic (exact) mass is 307 g/mol. The maximum atomic E-state index is 11.8. The second kappa shape index (κ2) is 5.90. The van der Waals surface area contributed by atoms with Crippen molar-refractivity contribution in [1.82, 2.24) is 4.57 Å². The molecule has 0 radical (unpaired) electrons. The van der Waals surface area contributed by atoms with Crippen LogP contribution in [0.25, 0.3) is 0 Å². The molecule has 0 saturated carbocycles. The van der Waals surface area contributed by atoms with E-state index >= 15 is 0 Å². The van der Waals surface area contributed by atoms with Gasteiger partial charge in [-0.1, -0.05) is 0 Å². The number of aromatic nitrogens is 1. The first-order valence-corrected chi connectivity index (χ1v) is 7.48. The van der Waals surface area contributed by atoms with Gasteiger partial charge in [0.05, 0.1) is 10.6 Å². The van der Waals surface area contributed by atoms with Crippen LogP contribution >= 0.6 is 0 Å². The molecule has 3 N–H and O–H groups in total. The largest absolute Gasteiger partial charge is 0.336 e. The first-order valence-electron chi connectivity index (χ1n) is 5.93. The van der Waals surface area contributed by atoms with Crippen molar-refractivity contribution in [2.75, 3.05) is 5.32 Å². The molecule has 0 bridgehead atoms. The summed E-state index contributed by atoms with van der Waals surface area (Å²) in [7, 11) is -3.75. The number of aldehydes is 1. The summed E-state index contributed by atoms with van der Waals surface area (Å²) in [6.07, 6.45) is 2.28. The molecule has 8 heteroatoms. The van der Waals surface area contributed by atoms with E-state index in [1.807, 2.05) is 0 Å². The number of primary sulfonamides is 1. The van der Waals surface area contributed by atoms with Gasteiger partial charge in [-0.3, -0.25) is 9.59 Å². The zero-order chi connectivity index (χ0) is 15.5. The van der Waals surface area contributed by atoms with Gasteiger partial charge in [-0.05, 0) is 36.4 Å². The summed E-state index contributed by atoms with van der Waals surface area (Å²) in [5.41, 5.74) is 0.835. The number of hydrogen-bond donors (Lipinski definition) is 2. The van der Waals surface area contributed by atoms with Crippen LogP contribution in [0.1, 0.15) is 10.5 Å². The van der Waals surface area contributed by atoms with Gasteiger partial charge in [0.1, 0.15) is 6.54 Å². The van der Waals surface area contributed by atoms with Crippen LogP contribution in [-0.2, 0) is 21.4 Å². The van der Waals surface area contributed by atoms with Crippen molar-refractivity contribution in [2.45, 2.75) is 11.4 Å². The number of amides is 1. The number of carbonyl (C=O) groups excluding carboxylic acids is 2. The fourth-order valence-electron chi connectivity index (χ4n) is 1.76. The van der Waals surface area contributed by atoms with E-state index in [1.165, 1.54) is 28.8 Å². The fourth-order valence-corrected chi connectivity index (χ4v) is 2.28. The van der Waals surface area contributed by atoms with Crippen LogP contribution in [0.5, 0.6) is 0 Å². The normalized spacial score (nSPS) is 11.1. The van der Waals surface area contributed by atoms with Crippen LogP contribution < -0.4 is 10.5 Å². The molecule has 0 aliphatic carbocycles. The molecule has 0 aliphatic rings. The molecule has 0 aliphatic heterocycles. The minimum atomic E-state index is -3.75. The Hall–Kier alpha value is -2.45. The van der Waals surface area contributed by atoms with Crippen LogP contribution in [0.2, 0.25) is 0 Å². The van der Waals surface area contributed by atoms with Gasteiger partial charge in [-0.2, -0.15) is 0 Å². The molecule has 0 saturated heterocycles. The van der Waals surface area contributed by atoms with Crippen molar-refractivity contribution in [1.29, 1.82) is 0 Å². The predicted octanol–water partition coefficient (Wildman–Crippen LogP) is 0.587. The van der Waals surface area contributed by atoms with Crippen molar-refractivity contribution in [3.63, 3.8) is 0 Å². The number of nitrogens with zero attached hydrogens (tertiary/aromatic N) is 1. The molecule has 0 unspecified atom stereocenters. The molecule has 2 aromatic rings. The lowest BCUT2D eigenvalue weighted by Gasteiger charge is -2.08. The van der Waals surface area contributed by atoms with Gasteiger partial charge in [-0.15, -0.1) is 0 Å². The van der Waals surface area contributed by atoms with E-state index in [2.05, 4.69) is 5.32 Å². The Morgan fingerprint density at radius 3 is 2.48 bits per heavy atom. The number of carbonyl (C=O) groups is 2. The quantitative estimate of drug-likeness (QED) is 0.787. The highest BCUT2D eigenvalue weighted by Gasteiger charge is 2.09. The van der Waals surface area contributed by atoms with E-state index in [9.17, 15) is 18.0 Å². The second-order valence-corrected chi connectivity index (χ2v) is 5.86. The van der Waals surface area contributed by atoms with E-state index in [-0.39, 0.29) is 17.3 Å². The van der Waals surface area contributed by atoms with Crippen LogP contribution in [0.4, 0.5) is 5.69 Å². The predicted molar refractivity (Wildman–Crippen MR) is 76.3 cm³/mol. The Morgan fingerprint density at radius 2 is 1.90 bits per heavy atom. The van der Waals surface area contributed by atoms with Crippen LogP contribution in [-0.4, -0.2) is 25.2 Å². The summed E-state index contributed by atoms with van der Waals surface area (Å²) < 4.78 is 23.7. The molecule has 1 heterocycles. The third-order valence-electron chi connectivity index (χ3n) is 2.77. The Morgan fingerprint density at radius 1 is 1.24 bits per heavy atom. The zero-order valence-electron chi connectivity index (χ0n) is 10.9. The van der Waals surface area contributed by atoms with Crippen molar-refractivity contribution in [3.8, 4) is 0 Å². The maximum absolute atomic E-state index is 11.8. The van der Waals surface area contributed by atoms with Gasteiger partial charge in [-0.25, -0.2) is 13.6 Å². The van der Waals surface area contributed by atoms with Gasteiger partial charge in [0.15, 0.2) is 6.29 Å². The zero-order valence-corrected chi connectivity index (χ0v) is 11.7. The van der Waals surface area contributed by atoms with Crippen molar-refractivity contribution in [2.24, 2.45) is 5.14 Å². The Labute approximate surface area is 121 Å². The van der Waals surface area contributed by atoms with Gasteiger partial charge < -0.3 is 9.88 Å². The first kappa shape index (κ1) is 14.9. The Bertz CT molecular complexity index is 763. The van der Waals surface area contributed by atoms with Crippen LogP contribution in [0, 0.1) is 0 Å². The summed E-state index contributed by atoms with van der Waals surface area (Å²) >= 11 is 0. The smallest absolute Gasteiger partial charge is 0.244 e. The molecule has 1 aromatic carbocycles. The van der Waals surface area contributed by atoms with Crippen molar-refractivity contribution < 1.29 is 18.0 Å². The topological polar surface area (TPSA) is 111 Å². The molecule has 0 atom stereocenters. The summed E-state index contributed by atoms with van der Waals surface area (Å²) in [4.78, 5) is 22.5. The van der Waals surface area contributed by atoms with E-state index in [4.69, 9.17) is 5.14 Å². The molecular formula is C13H13N3O4S. The number of rotatable bonds is 5. The SMILES string of the molecule is NS(=O)(=O)c1ccc(NC(=O)Cn2cccc2C=O)cc1. The summed E-state index contributed by atoms with van der Waals surface area (Å²) in [5.74, 6) is -0.336. The average molecular weight is 307 g/mol. The van der Waals surface area contributed by atoms with Crippen molar-refractivity contribution >= 4 is 27.9 Å². The van der Waals surface area contributed by atoms with Gasteiger partial charge in [0.2, 0.25) is 15.9 Å². The maximum Gasteiger partial charge on any atom is 0.244 e. The van der Waals surface area contributed by atoms with E-state index in [0.29, 0.717) is 17.7 Å². The molecule has 110 valence electrons. The molecule has 7 nitrogen and oxygen atoms in total. The second-order valence-electron chi connectivity index (χ2n) is 4.30. The van der Waals surface area contributed by atoms with Crippen LogP contribution in [0.3, 0.4) is 0 Å². The number of sulfonamides is 1. The number of nitrogens with two attached hydrogens (primary N) is 1. The van der Waals surface area contributed by atoms with E-state index < -0.39 is 10.0 Å². The average Bonchev–Trinajstić information content (AvgIpc) is 2.85. The van der Waals surface area contributed by atoms with Gasteiger partial charge >= 0.3 is 0 Å². The minimum Gasteiger partial charge on any atom is -0.336 e. The van der Waals surface area contributed by atoms with Gasteiger partial charge in [0.25, 0.3) is 0 Å². The molecule has 0 spiro atoms. The number of benzene rings is 1. The van der Waals surface area contributed by atoms with E-state index in [0.717, 1.165) is 0 Å². The molecule has 0 fully saturated rings. The standard InChI is InChI=1S/C13H13N3O4S/c14-21(19,20)12-5-3-10(4-6-12)15-13(18)8-16-7-1-2-11(16)9-17/h1-7,9H,8H2,(H,15,18)(H2,14,19,20). The lowest BCUT2D eigenvalue weighted by molar-refractivity contribution is -0.116. The molecule has 1 amide bonds. The van der Waals surface area contributed by atoms with E-state index in [1.54, 1.807) is 18.3 Å². The summed E-state index contributed by atoms with van der Waals surface area (Å²) in [5, 5.41) is 7.58. The molecule has 1 aromatic heterocycles. The molecule has 21 heavy (non-hydrogen) atoms. The number of anilines is 1. The minimum absolute atomic E-state index is 0.0159. The third-order valence-corrected chi connectivity index (χ3v) is 3.70. The van der Waals surface area contributed by atoms with Crippen molar-refractivity contribution in [3.05, 3.63) is 48.3 Å². The highest BCUT2D eigenvalue weighted by Crippen LogP contribution is 2.12. The summed E-state index contributed by atoms with van der Waals surface area (Å²) in [6.45, 7) is -0.0159. The Balaban J connectivity index is 2.05. The number of hydrogen-bond acceptors (Lipinski definition) is 4. The lowest BCUT2D eigenvalue weighted by atomic mass is 10.3. The third kappa shape index (κ3) is 3.77. The fraction of sp³-hybridized carbons (Fsp3) is 0.0769. The van der Waals surface area contributed by atoms with Crippen LogP contribution in [0.15, 0.2) is 47.5 Å². The number of nitrogens with one attached hydrogen (secondary N) is 1. The summed E-state index contributed by atoms with van der Waals surface area (Å²) in [6, 6.07) is 8.75. The molecule has 2 rings (SSSR count). The Kier molecular flexibility index (Phi) is 4.20. The van der Waals surface area contributed by atoms with Gasteiger partial charge in [0, 0.05) is 11.9 Å². The molecular weight excluding hydrogens is 294 g/mol. The first-order chi connectivity index (χ1) is 9.90.